The zero-order valence-corrected chi connectivity index (χ0v) is 24.8. The van der Waals surface area contributed by atoms with Gasteiger partial charge in [0.15, 0.2) is 5.67 Å². The van der Waals surface area contributed by atoms with Crippen LogP contribution in [0.5, 0.6) is 5.75 Å². The average Bonchev–Trinajstić information content (AvgIpc) is 3.42. The van der Waals surface area contributed by atoms with Crippen LogP contribution in [0.1, 0.15) is 39.1 Å². The molecule has 4 rings (SSSR count). The van der Waals surface area contributed by atoms with Crippen LogP contribution in [0.2, 0.25) is 5.02 Å². The molecule has 1 aromatic carbocycles. The Hall–Kier alpha value is -3.07. The number of rotatable bonds is 10. The second kappa shape index (κ2) is 11.7. The molecular weight excluding hydrogens is 578 g/mol. The fourth-order valence-electron chi connectivity index (χ4n) is 4.63. The van der Waals surface area contributed by atoms with Gasteiger partial charge >= 0.3 is 13.6 Å². The van der Waals surface area contributed by atoms with Crippen LogP contribution < -0.4 is 4.52 Å². The molecule has 0 saturated carbocycles. The molecule has 0 bridgehead atoms. The predicted octanol–water partition coefficient (Wildman–Crippen LogP) is 4.77. The molecule has 1 aliphatic heterocycles. The fourth-order valence-corrected chi connectivity index (χ4v) is 6.63. The lowest BCUT2D eigenvalue weighted by molar-refractivity contribution is -0.151. The maximum absolute atomic E-state index is 16.3. The van der Waals surface area contributed by atoms with Crippen LogP contribution in [0.3, 0.4) is 0 Å². The van der Waals surface area contributed by atoms with Gasteiger partial charge in [0.1, 0.15) is 30.4 Å². The third-order valence-electron chi connectivity index (χ3n) is 6.83. The highest BCUT2D eigenvalue weighted by molar-refractivity contribution is 7.54. The molecule has 11 nitrogen and oxygen atoms in total. The van der Waals surface area contributed by atoms with E-state index in [1.807, 2.05) is 6.07 Å². The number of aliphatic hydroxyl groups excluding tert-OH is 1. The minimum atomic E-state index is -4.15. The first-order valence-corrected chi connectivity index (χ1v) is 15.0. The summed E-state index contributed by atoms with van der Waals surface area (Å²) in [5.74, 6) is -1.37. The van der Waals surface area contributed by atoms with Crippen molar-refractivity contribution in [1.29, 1.82) is 5.26 Å². The van der Waals surface area contributed by atoms with E-state index in [1.165, 1.54) is 48.1 Å². The van der Waals surface area contributed by atoms with Crippen LogP contribution in [-0.4, -0.2) is 62.4 Å². The van der Waals surface area contributed by atoms with E-state index in [9.17, 15) is 19.7 Å². The first kappa shape index (κ1) is 30.9. The Kier molecular flexibility index (Phi) is 8.79. The van der Waals surface area contributed by atoms with Crippen molar-refractivity contribution < 1.29 is 37.4 Å². The van der Waals surface area contributed by atoms with Gasteiger partial charge in [0.25, 0.3) is 0 Å². The van der Waals surface area contributed by atoms with Crippen molar-refractivity contribution in [3.63, 3.8) is 0 Å². The Balaban J connectivity index is 1.62. The summed E-state index contributed by atoms with van der Waals surface area (Å²) in [6, 6.07) is 11.0. The molecular formula is C27H31ClFN4O7P. The molecule has 14 heteroatoms. The van der Waals surface area contributed by atoms with Crippen molar-refractivity contribution in [2.24, 2.45) is 5.92 Å². The molecule has 3 aromatic rings. The summed E-state index contributed by atoms with van der Waals surface area (Å²) in [5, 5.41) is 25.8. The summed E-state index contributed by atoms with van der Waals surface area (Å²) in [6.45, 7) is 7.02. The van der Waals surface area contributed by atoms with Crippen LogP contribution in [0.4, 0.5) is 4.39 Å². The van der Waals surface area contributed by atoms with Crippen molar-refractivity contribution in [2.45, 2.75) is 64.2 Å². The lowest BCUT2D eigenvalue weighted by Crippen LogP contribution is -2.48. The number of fused-ring (bicyclic) bond motifs is 1. The van der Waals surface area contributed by atoms with Crippen molar-refractivity contribution in [3.8, 4) is 11.8 Å². The van der Waals surface area contributed by atoms with Gasteiger partial charge in [-0.15, -0.1) is 0 Å². The number of hydrogen-bond acceptors (Lipinski definition) is 10. The molecule has 41 heavy (non-hydrogen) atoms. The number of esters is 1. The normalized spacial score (nSPS) is 26.4. The first-order chi connectivity index (χ1) is 19.2. The molecule has 1 fully saturated rings. The van der Waals surface area contributed by atoms with Crippen LogP contribution >= 0.6 is 19.2 Å². The Labute approximate surface area is 241 Å². The Morgan fingerprint density at radius 1 is 1.29 bits per heavy atom. The summed E-state index contributed by atoms with van der Waals surface area (Å²) >= 11 is 5.94. The first-order valence-electron chi connectivity index (χ1n) is 12.9. The van der Waals surface area contributed by atoms with Gasteiger partial charge in [0, 0.05) is 5.02 Å². The number of alkyl halides is 1. The molecule has 0 aliphatic carbocycles. The van der Waals surface area contributed by atoms with Crippen molar-refractivity contribution in [1.82, 2.24) is 14.6 Å². The van der Waals surface area contributed by atoms with Crippen molar-refractivity contribution >= 4 is 30.7 Å². The Morgan fingerprint density at radius 3 is 2.61 bits per heavy atom. The molecule has 1 unspecified atom stereocenters. The highest BCUT2D eigenvalue weighted by Crippen LogP contribution is 2.53. The third kappa shape index (κ3) is 5.96. The molecule has 0 spiro atoms. The lowest BCUT2D eigenvalue weighted by atomic mass is 9.82. The number of carbonyl (C=O) groups is 1. The molecule has 2 aromatic heterocycles. The SMILES string of the molecule is Cc1ncnn2c([C@]3(C#N)O[C@H](COP(=O)(C[C@@H](C)C(=O)OC(C)C)Oc4ccc(Cl)cc4)[C@@H](O)[C@@]3(C)F)ccc12. The molecule has 1 N–H and O–H groups in total. The lowest BCUT2D eigenvalue weighted by Gasteiger charge is -2.30. The van der Waals surface area contributed by atoms with E-state index in [1.54, 1.807) is 26.8 Å². The number of hydrogen-bond donors (Lipinski definition) is 1. The van der Waals surface area contributed by atoms with Crippen molar-refractivity contribution in [2.75, 3.05) is 12.8 Å². The van der Waals surface area contributed by atoms with Gasteiger partial charge in [-0.25, -0.2) is 18.5 Å². The number of aryl methyl sites for hydroxylation is 1. The summed E-state index contributed by atoms with van der Waals surface area (Å²) in [4.78, 5) is 16.6. The number of carbonyl (C=O) groups excluding carboxylic acids is 1. The Bertz CT molecular complexity index is 1510. The zero-order valence-electron chi connectivity index (χ0n) is 23.2. The van der Waals surface area contributed by atoms with Gasteiger partial charge in [0.05, 0.1) is 41.7 Å². The van der Waals surface area contributed by atoms with Gasteiger partial charge in [-0.3, -0.25) is 9.32 Å². The molecule has 0 amide bonds. The summed E-state index contributed by atoms with van der Waals surface area (Å²) in [5.41, 5.74) is -3.79. The van der Waals surface area contributed by atoms with Crippen LogP contribution in [0, 0.1) is 24.2 Å². The van der Waals surface area contributed by atoms with Crippen molar-refractivity contribution in [3.05, 3.63) is 59.1 Å². The zero-order chi connectivity index (χ0) is 30.2. The van der Waals surface area contributed by atoms with E-state index in [2.05, 4.69) is 10.1 Å². The van der Waals surface area contributed by atoms with Gasteiger partial charge in [-0.1, -0.05) is 18.5 Å². The maximum Gasteiger partial charge on any atom is 0.380 e. The van der Waals surface area contributed by atoms with E-state index in [0.717, 1.165) is 6.92 Å². The van der Waals surface area contributed by atoms with E-state index < -0.39 is 55.7 Å². The number of aromatic nitrogens is 3. The quantitative estimate of drug-likeness (QED) is 0.252. The molecule has 220 valence electrons. The highest BCUT2D eigenvalue weighted by Gasteiger charge is 2.67. The fraction of sp³-hybridized carbons (Fsp3) is 0.481. The molecule has 6 atom stereocenters. The minimum Gasteiger partial charge on any atom is -0.463 e. The van der Waals surface area contributed by atoms with E-state index in [-0.39, 0.29) is 17.6 Å². The second-order valence-electron chi connectivity index (χ2n) is 10.4. The third-order valence-corrected chi connectivity index (χ3v) is 9.11. The van der Waals surface area contributed by atoms with E-state index in [4.69, 9.17) is 30.1 Å². The number of nitrogens with zero attached hydrogens (tertiary/aromatic N) is 4. The predicted molar refractivity (Wildman–Crippen MR) is 146 cm³/mol. The molecule has 3 heterocycles. The standard InChI is InChI=1S/C27H31ClFN4O7P/c1-16(2)38-25(35)17(3)13-41(36,40-20-8-6-19(28)7-9-20)37-12-22-24(34)26(5,29)27(14-30,39-22)23-11-10-21-18(4)31-15-32-33(21)23/h6-11,15-17,22,24,34H,12-13H2,1-5H3/t17-,22-,24-,26-,27+,41?/m1/s1. The number of halogens is 2. The van der Waals surface area contributed by atoms with Gasteiger partial charge in [0.2, 0.25) is 5.60 Å². The topological polar surface area (TPSA) is 145 Å². The van der Waals surface area contributed by atoms with Crippen LogP contribution in [-0.2, 0) is 29.0 Å². The average molecular weight is 609 g/mol. The van der Waals surface area contributed by atoms with Crippen LogP contribution in [0.15, 0.2) is 42.7 Å². The number of benzene rings is 1. The smallest absolute Gasteiger partial charge is 0.380 e. The monoisotopic (exact) mass is 608 g/mol. The summed E-state index contributed by atoms with van der Waals surface area (Å²) in [7, 11) is -4.15. The largest absolute Gasteiger partial charge is 0.463 e. The van der Waals surface area contributed by atoms with E-state index in [0.29, 0.717) is 16.2 Å². The number of aliphatic hydroxyl groups is 1. The molecule has 1 saturated heterocycles. The highest BCUT2D eigenvalue weighted by atomic mass is 35.5. The summed E-state index contributed by atoms with van der Waals surface area (Å²) < 4.78 is 54.1. The van der Waals surface area contributed by atoms with E-state index >= 15 is 4.39 Å². The van der Waals surface area contributed by atoms with Gasteiger partial charge in [-0.05, 0) is 64.1 Å². The minimum absolute atomic E-state index is 0.0395. The molecule has 1 aliphatic rings. The van der Waals surface area contributed by atoms with Gasteiger partial charge in [-0.2, -0.15) is 10.4 Å². The molecule has 0 radical (unpaired) electrons. The summed E-state index contributed by atoms with van der Waals surface area (Å²) in [6.07, 6.45) is -2.85. The number of ether oxygens (including phenoxy) is 2. The maximum atomic E-state index is 16.3. The second-order valence-corrected chi connectivity index (χ2v) is 12.8. The number of nitriles is 1. The van der Waals surface area contributed by atoms with Crippen LogP contribution in [0.25, 0.3) is 5.52 Å². The van der Waals surface area contributed by atoms with Gasteiger partial charge < -0.3 is 19.1 Å². The Morgan fingerprint density at radius 2 is 1.98 bits per heavy atom.